The van der Waals surface area contributed by atoms with Crippen molar-refractivity contribution in [2.24, 2.45) is 0 Å². The van der Waals surface area contributed by atoms with Crippen molar-refractivity contribution in [2.45, 2.75) is 19.4 Å². The number of benzene rings is 1. The summed E-state index contributed by atoms with van der Waals surface area (Å²) in [7, 11) is 1.67. The van der Waals surface area contributed by atoms with E-state index in [0.29, 0.717) is 0 Å². The van der Waals surface area contributed by atoms with Gasteiger partial charge >= 0.3 is 0 Å². The highest BCUT2D eigenvalue weighted by atomic mass is 32.1. The van der Waals surface area contributed by atoms with E-state index in [0.717, 1.165) is 66.1 Å². The Labute approximate surface area is 174 Å². The molecule has 3 aromatic rings. The maximum atomic E-state index is 11.0. The number of quaternary nitrogens is 2. The summed E-state index contributed by atoms with van der Waals surface area (Å²) in [5.74, 6) is 1.73. The maximum Gasteiger partial charge on any atom is 0.235 e. The number of hydrogen-bond acceptors (Lipinski definition) is 6. The Kier molecular flexibility index (Phi) is 6.00. The monoisotopic (exact) mass is 419 g/mol. The number of thiazole rings is 1. The molecule has 156 valence electrons. The summed E-state index contributed by atoms with van der Waals surface area (Å²) >= 11 is 1.51. The molecule has 1 atom stereocenters. The van der Waals surface area contributed by atoms with Gasteiger partial charge in [0.15, 0.2) is 11.9 Å². The van der Waals surface area contributed by atoms with Crippen LogP contribution < -0.4 is 14.5 Å². The van der Waals surface area contributed by atoms with Crippen LogP contribution in [0.2, 0.25) is 0 Å². The number of aliphatic hydroxyl groups excluding tert-OH is 1. The summed E-state index contributed by atoms with van der Waals surface area (Å²) in [6.07, 6.45) is 0.739. The predicted molar refractivity (Wildman–Crippen MR) is 110 cm³/mol. The molecule has 0 spiro atoms. The molecule has 0 radical (unpaired) electrons. The van der Waals surface area contributed by atoms with Crippen LogP contribution in [0.25, 0.3) is 4.96 Å². The fraction of sp³-hybridized carbons (Fsp3) is 0.500. The number of aromatic nitrogens is 3. The molecule has 0 saturated carbocycles. The summed E-state index contributed by atoms with van der Waals surface area (Å²) in [6, 6.07) is 8.07. The van der Waals surface area contributed by atoms with Gasteiger partial charge in [-0.15, -0.1) is 5.10 Å². The van der Waals surface area contributed by atoms with E-state index in [1.165, 1.54) is 21.1 Å². The number of ether oxygens (including phenoxy) is 1. The summed E-state index contributed by atoms with van der Waals surface area (Å²) in [6.45, 7) is 6.94. The number of nitrogens with zero attached hydrogens (tertiary/aromatic N) is 3. The number of nitrogens with one attached hydrogen (secondary N) is 2. The van der Waals surface area contributed by atoms with E-state index in [-0.39, 0.29) is 18.5 Å². The molecule has 1 fully saturated rings. The smallest absolute Gasteiger partial charge is 0.235 e. The lowest BCUT2D eigenvalue weighted by Crippen LogP contribution is -3.28. The van der Waals surface area contributed by atoms with Crippen molar-refractivity contribution < 1.29 is 24.7 Å². The highest BCUT2D eigenvalue weighted by molar-refractivity contribution is 7.17. The first kappa shape index (κ1) is 20.1. The molecule has 0 aliphatic carbocycles. The highest BCUT2D eigenvalue weighted by Crippen LogP contribution is 2.35. The van der Waals surface area contributed by atoms with Crippen LogP contribution in [-0.2, 0) is 6.42 Å². The maximum absolute atomic E-state index is 11.0. The molecule has 3 heterocycles. The number of piperazine rings is 1. The van der Waals surface area contributed by atoms with Gasteiger partial charge in [0.05, 0.1) is 13.7 Å². The number of aryl methyl sites for hydroxylation is 1. The van der Waals surface area contributed by atoms with E-state index in [1.807, 2.05) is 19.1 Å². The Morgan fingerprint density at radius 1 is 1.28 bits per heavy atom. The van der Waals surface area contributed by atoms with E-state index < -0.39 is 0 Å². The van der Waals surface area contributed by atoms with Gasteiger partial charge in [-0.3, -0.25) is 0 Å². The Morgan fingerprint density at radius 3 is 2.72 bits per heavy atom. The second-order valence-electron chi connectivity index (χ2n) is 7.46. The van der Waals surface area contributed by atoms with Gasteiger partial charge in [-0.1, -0.05) is 30.4 Å². The summed E-state index contributed by atoms with van der Waals surface area (Å²) in [5.41, 5.74) is 1.11. The van der Waals surface area contributed by atoms with Crippen LogP contribution in [0.15, 0.2) is 24.3 Å². The van der Waals surface area contributed by atoms with Crippen molar-refractivity contribution in [1.29, 1.82) is 0 Å². The standard InChI is InChI=1S/C20H27N5O3S/c1-3-16-21-20-25(22-16)19(27)18(29-20)17(14-5-4-6-15(13-14)28-2)24-9-7-23(8-10-24)11-12-26/h4-6,13,17,26-27H,3,7-12H2,1-2H3/p+2/t17-/m1/s1. The number of fused-ring (bicyclic) bond motifs is 1. The van der Waals surface area contributed by atoms with Crippen molar-refractivity contribution in [3.05, 3.63) is 40.5 Å². The molecule has 1 aliphatic heterocycles. The molecule has 0 unspecified atom stereocenters. The normalized spacial score (nSPS) is 20.8. The minimum absolute atomic E-state index is 0.0145. The molecule has 1 saturated heterocycles. The third kappa shape index (κ3) is 3.95. The summed E-state index contributed by atoms with van der Waals surface area (Å²) < 4.78 is 7.02. The van der Waals surface area contributed by atoms with E-state index >= 15 is 0 Å². The van der Waals surface area contributed by atoms with E-state index in [1.54, 1.807) is 11.6 Å². The lowest BCUT2D eigenvalue weighted by molar-refractivity contribution is -1.02. The zero-order valence-electron chi connectivity index (χ0n) is 16.9. The van der Waals surface area contributed by atoms with Crippen LogP contribution in [0.3, 0.4) is 0 Å². The van der Waals surface area contributed by atoms with E-state index in [9.17, 15) is 10.2 Å². The first-order valence-electron chi connectivity index (χ1n) is 10.1. The van der Waals surface area contributed by atoms with Gasteiger partial charge in [-0.05, 0) is 12.1 Å². The Balaban J connectivity index is 1.72. The molecule has 1 aliphatic rings. The lowest BCUT2D eigenvalue weighted by Gasteiger charge is -2.34. The number of hydrogen-bond donors (Lipinski definition) is 4. The number of rotatable bonds is 7. The van der Waals surface area contributed by atoms with Crippen molar-refractivity contribution in [2.75, 3.05) is 46.4 Å². The SMILES string of the molecule is CCc1nc2sc([C@@H](c3cccc(OC)c3)[NH+]3CC[NH+](CCO)CC3)c(O)n2n1. The summed E-state index contributed by atoms with van der Waals surface area (Å²) in [5, 5.41) is 24.7. The van der Waals surface area contributed by atoms with Crippen LogP contribution in [0.1, 0.15) is 29.2 Å². The van der Waals surface area contributed by atoms with Gasteiger partial charge in [-0.2, -0.15) is 4.52 Å². The van der Waals surface area contributed by atoms with Crippen LogP contribution in [0.4, 0.5) is 0 Å². The van der Waals surface area contributed by atoms with Crippen LogP contribution >= 0.6 is 11.3 Å². The van der Waals surface area contributed by atoms with Gasteiger partial charge in [0.2, 0.25) is 10.8 Å². The molecule has 1 aromatic carbocycles. The average Bonchev–Trinajstić information content (AvgIpc) is 3.29. The topological polar surface area (TPSA) is 88.8 Å². The van der Waals surface area contributed by atoms with Gasteiger partial charge < -0.3 is 24.7 Å². The molecule has 29 heavy (non-hydrogen) atoms. The van der Waals surface area contributed by atoms with E-state index in [4.69, 9.17) is 4.74 Å². The molecular formula is C20H29N5O3S+2. The Morgan fingerprint density at radius 2 is 2.07 bits per heavy atom. The molecule has 0 bridgehead atoms. The minimum Gasteiger partial charge on any atom is -0.497 e. The van der Waals surface area contributed by atoms with Gasteiger partial charge in [0.1, 0.15) is 43.4 Å². The third-order valence-corrected chi connectivity index (χ3v) is 6.81. The van der Waals surface area contributed by atoms with Crippen LogP contribution in [0, 0.1) is 0 Å². The van der Waals surface area contributed by atoms with Crippen molar-refractivity contribution >= 4 is 16.3 Å². The fourth-order valence-electron chi connectivity index (χ4n) is 4.14. The third-order valence-electron chi connectivity index (χ3n) is 5.72. The predicted octanol–water partition coefficient (Wildman–Crippen LogP) is -1.07. The van der Waals surface area contributed by atoms with Crippen LogP contribution in [-0.4, -0.2) is 71.3 Å². The lowest BCUT2D eigenvalue weighted by atomic mass is 10.0. The first-order chi connectivity index (χ1) is 14.1. The van der Waals surface area contributed by atoms with Crippen molar-refractivity contribution in [1.82, 2.24) is 14.6 Å². The van der Waals surface area contributed by atoms with Gasteiger partial charge in [0.25, 0.3) is 0 Å². The second-order valence-corrected chi connectivity index (χ2v) is 8.47. The first-order valence-corrected chi connectivity index (χ1v) is 11.0. The van der Waals surface area contributed by atoms with E-state index in [2.05, 4.69) is 22.2 Å². The average molecular weight is 420 g/mol. The number of aromatic hydroxyl groups is 1. The van der Waals surface area contributed by atoms with Gasteiger partial charge in [-0.25, -0.2) is 4.98 Å². The largest absolute Gasteiger partial charge is 0.497 e. The molecular weight excluding hydrogens is 390 g/mol. The summed E-state index contributed by atoms with van der Waals surface area (Å²) in [4.78, 5) is 8.99. The van der Waals surface area contributed by atoms with Crippen LogP contribution in [0.5, 0.6) is 11.6 Å². The molecule has 4 rings (SSSR count). The molecule has 0 amide bonds. The minimum atomic E-state index is -0.0145. The molecule has 8 nitrogen and oxygen atoms in total. The quantitative estimate of drug-likeness (QED) is 0.392. The Hall–Kier alpha value is -2.20. The fourth-order valence-corrected chi connectivity index (χ4v) is 5.30. The molecule has 2 aromatic heterocycles. The number of aliphatic hydroxyl groups is 1. The molecule has 9 heteroatoms. The highest BCUT2D eigenvalue weighted by Gasteiger charge is 2.36. The van der Waals surface area contributed by atoms with Crippen molar-refractivity contribution in [3.63, 3.8) is 0 Å². The van der Waals surface area contributed by atoms with Crippen molar-refractivity contribution in [3.8, 4) is 11.6 Å². The Bertz CT molecular complexity index is 964. The van der Waals surface area contributed by atoms with Gasteiger partial charge in [0, 0.05) is 12.0 Å². The zero-order chi connectivity index (χ0) is 20.4. The zero-order valence-corrected chi connectivity index (χ0v) is 17.7. The molecule has 4 N–H and O–H groups in total. The second kappa shape index (κ2) is 8.66. The number of methoxy groups -OCH3 is 1.